The predicted molar refractivity (Wildman–Crippen MR) is 128 cm³/mol. The Morgan fingerprint density at radius 1 is 1.12 bits per heavy atom. The number of carbonyl (C=O) groups is 2. The number of anilines is 1. The Morgan fingerprint density at radius 2 is 1.88 bits per heavy atom. The first-order valence-electron chi connectivity index (χ1n) is 11.2. The fourth-order valence-corrected chi connectivity index (χ4v) is 5.46. The lowest BCUT2D eigenvalue weighted by molar-refractivity contribution is -0.121. The molecule has 0 radical (unpaired) electrons. The van der Waals surface area contributed by atoms with Gasteiger partial charge in [-0.25, -0.2) is 9.78 Å². The van der Waals surface area contributed by atoms with Gasteiger partial charge in [0.05, 0.1) is 12.2 Å². The fraction of sp³-hybridized carbons (Fsp3) is 0.458. The van der Waals surface area contributed by atoms with Gasteiger partial charge >= 0.3 is 6.03 Å². The van der Waals surface area contributed by atoms with Crippen molar-refractivity contribution in [3.05, 3.63) is 53.2 Å². The SMILES string of the molecule is Cc1cc(C)c2c(n1)SCCN2C(=O)NCC(=O)NC1CCN(Cc2ccccc2)CC1. The number of carbonyl (C=O) groups excluding carboxylic acids is 2. The van der Waals surface area contributed by atoms with E-state index in [1.807, 2.05) is 26.0 Å². The quantitative estimate of drug-likeness (QED) is 0.728. The van der Waals surface area contributed by atoms with Crippen molar-refractivity contribution < 1.29 is 9.59 Å². The second-order valence-corrected chi connectivity index (χ2v) is 9.58. The van der Waals surface area contributed by atoms with Crippen LogP contribution in [0.2, 0.25) is 0 Å². The third-order valence-corrected chi connectivity index (χ3v) is 6.89. The third kappa shape index (κ3) is 5.61. The van der Waals surface area contributed by atoms with E-state index >= 15 is 0 Å². The summed E-state index contributed by atoms with van der Waals surface area (Å²) in [5.41, 5.74) is 4.15. The molecule has 2 N–H and O–H groups in total. The molecule has 0 spiro atoms. The number of amides is 3. The molecule has 1 aromatic carbocycles. The van der Waals surface area contributed by atoms with Crippen LogP contribution in [0.15, 0.2) is 41.4 Å². The molecule has 1 fully saturated rings. The highest BCUT2D eigenvalue weighted by molar-refractivity contribution is 7.99. The zero-order valence-corrected chi connectivity index (χ0v) is 19.6. The maximum absolute atomic E-state index is 12.8. The number of hydrogen-bond acceptors (Lipinski definition) is 5. The summed E-state index contributed by atoms with van der Waals surface area (Å²) in [6.45, 7) is 7.41. The highest BCUT2D eigenvalue weighted by Gasteiger charge is 2.27. The fourth-order valence-electron chi connectivity index (χ4n) is 4.38. The third-order valence-electron chi connectivity index (χ3n) is 5.95. The lowest BCUT2D eigenvalue weighted by Crippen LogP contribution is -2.50. The molecular weight excluding hydrogens is 422 g/mol. The molecule has 0 atom stereocenters. The number of urea groups is 1. The summed E-state index contributed by atoms with van der Waals surface area (Å²) >= 11 is 1.67. The molecule has 0 bridgehead atoms. The largest absolute Gasteiger partial charge is 0.352 e. The number of hydrogen-bond donors (Lipinski definition) is 2. The van der Waals surface area contributed by atoms with Crippen LogP contribution in [0.25, 0.3) is 0 Å². The van der Waals surface area contributed by atoms with Crippen molar-refractivity contribution in [3.8, 4) is 0 Å². The van der Waals surface area contributed by atoms with Gasteiger partial charge in [-0.3, -0.25) is 14.6 Å². The van der Waals surface area contributed by atoms with Gasteiger partial charge < -0.3 is 10.6 Å². The van der Waals surface area contributed by atoms with E-state index in [0.29, 0.717) is 6.54 Å². The summed E-state index contributed by atoms with van der Waals surface area (Å²) in [5.74, 6) is 0.662. The molecule has 0 aliphatic carbocycles. The van der Waals surface area contributed by atoms with Gasteiger partial charge in [0, 0.05) is 43.7 Å². The van der Waals surface area contributed by atoms with Crippen LogP contribution in [0.4, 0.5) is 10.5 Å². The van der Waals surface area contributed by atoms with E-state index < -0.39 is 0 Å². The highest BCUT2D eigenvalue weighted by atomic mass is 32.2. The minimum absolute atomic E-state index is 0.0135. The number of rotatable bonds is 5. The minimum atomic E-state index is -0.242. The van der Waals surface area contributed by atoms with E-state index in [9.17, 15) is 9.59 Å². The van der Waals surface area contributed by atoms with Crippen LogP contribution >= 0.6 is 11.8 Å². The van der Waals surface area contributed by atoms with Crippen LogP contribution in [0, 0.1) is 13.8 Å². The molecule has 1 saturated heterocycles. The molecule has 7 nitrogen and oxygen atoms in total. The van der Waals surface area contributed by atoms with Crippen LogP contribution in [0.5, 0.6) is 0 Å². The summed E-state index contributed by atoms with van der Waals surface area (Å²) in [7, 11) is 0. The highest BCUT2D eigenvalue weighted by Crippen LogP contribution is 2.36. The smallest absolute Gasteiger partial charge is 0.322 e. The summed E-state index contributed by atoms with van der Waals surface area (Å²) in [4.78, 5) is 34.0. The van der Waals surface area contributed by atoms with E-state index in [1.54, 1.807) is 16.7 Å². The van der Waals surface area contributed by atoms with Crippen molar-refractivity contribution in [2.75, 3.05) is 36.8 Å². The molecule has 2 aromatic rings. The molecule has 32 heavy (non-hydrogen) atoms. The standard InChI is InChI=1S/C24H31N5O2S/c1-17-14-18(2)26-23-22(17)29(12-13-32-23)24(31)25-15-21(30)27-20-8-10-28(11-9-20)16-19-6-4-3-5-7-19/h3-7,14,20H,8-13,15-16H2,1-2H3,(H,25,31)(H,27,30). The van der Waals surface area contributed by atoms with Crippen molar-refractivity contribution in [2.24, 2.45) is 0 Å². The van der Waals surface area contributed by atoms with Crippen LogP contribution in [0.1, 0.15) is 29.7 Å². The van der Waals surface area contributed by atoms with Crippen molar-refractivity contribution in [3.63, 3.8) is 0 Å². The molecule has 170 valence electrons. The predicted octanol–water partition coefficient (Wildman–Crippen LogP) is 3.10. The van der Waals surface area contributed by atoms with E-state index in [1.165, 1.54) is 5.56 Å². The van der Waals surface area contributed by atoms with Crippen molar-refractivity contribution in [1.29, 1.82) is 0 Å². The van der Waals surface area contributed by atoms with Crippen LogP contribution in [-0.4, -0.2) is 59.8 Å². The number of nitrogens with zero attached hydrogens (tertiary/aromatic N) is 3. The van der Waals surface area contributed by atoms with Crippen LogP contribution in [0.3, 0.4) is 0 Å². The molecular formula is C24H31N5O2S. The number of nitrogens with one attached hydrogen (secondary N) is 2. The van der Waals surface area contributed by atoms with Gasteiger partial charge in [0.15, 0.2) is 0 Å². The summed E-state index contributed by atoms with van der Waals surface area (Å²) < 4.78 is 0. The molecule has 1 aromatic heterocycles. The van der Waals surface area contributed by atoms with E-state index in [0.717, 1.165) is 60.2 Å². The monoisotopic (exact) mass is 453 g/mol. The second kappa shape index (κ2) is 10.4. The summed E-state index contributed by atoms with van der Waals surface area (Å²) in [6, 6.07) is 12.4. The van der Waals surface area contributed by atoms with Crippen LogP contribution < -0.4 is 15.5 Å². The lowest BCUT2D eigenvalue weighted by atomic mass is 10.0. The Labute approximate surface area is 194 Å². The number of aromatic nitrogens is 1. The van der Waals surface area contributed by atoms with Crippen LogP contribution in [-0.2, 0) is 11.3 Å². The van der Waals surface area contributed by atoms with Gasteiger partial charge in [-0.1, -0.05) is 30.3 Å². The Bertz CT molecular complexity index is 960. The number of thioether (sulfide) groups is 1. The number of benzene rings is 1. The number of piperidine rings is 1. The first kappa shape index (κ1) is 22.6. The summed E-state index contributed by atoms with van der Waals surface area (Å²) in [6.07, 6.45) is 1.85. The Hall–Kier alpha value is -2.58. The van der Waals surface area contributed by atoms with Gasteiger partial charge in [0.1, 0.15) is 5.03 Å². The second-order valence-electron chi connectivity index (χ2n) is 8.50. The first-order chi connectivity index (χ1) is 15.5. The maximum Gasteiger partial charge on any atom is 0.322 e. The Balaban J connectivity index is 1.23. The van der Waals surface area contributed by atoms with E-state index in [4.69, 9.17) is 0 Å². The molecule has 4 rings (SSSR count). The molecule has 8 heteroatoms. The normalized spacial score (nSPS) is 17.0. The van der Waals surface area contributed by atoms with Crippen molar-refractivity contribution in [2.45, 2.75) is 44.3 Å². The Morgan fingerprint density at radius 3 is 2.62 bits per heavy atom. The first-order valence-corrected chi connectivity index (χ1v) is 12.2. The average Bonchev–Trinajstić information content (AvgIpc) is 2.79. The van der Waals surface area contributed by atoms with Crippen molar-refractivity contribution in [1.82, 2.24) is 20.5 Å². The number of fused-ring (bicyclic) bond motifs is 1. The van der Waals surface area contributed by atoms with E-state index in [-0.39, 0.29) is 24.5 Å². The zero-order chi connectivity index (χ0) is 22.5. The molecule has 2 aliphatic heterocycles. The summed E-state index contributed by atoms with van der Waals surface area (Å²) in [5, 5.41) is 6.76. The zero-order valence-electron chi connectivity index (χ0n) is 18.8. The molecule has 3 heterocycles. The molecule has 2 aliphatic rings. The van der Waals surface area contributed by atoms with Crippen molar-refractivity contribution >= 4 is 29.4 Å². The molecule has 0 unspecified atom stereocenters. The van der Waals surface area contributed by atoms with E-state index in [2.05, 4.69) is 44.8 Å². The number of aryl methyl sites for hydroxylation is 2. The average molecular weight is 454 g/mol. The van der Waals surface area contributed by atoms with Gasteiger partial charge in [-0.2, -0.15) is 0 Å². The number of likely N-dealkylation sites (tertiary alicyclic amines) is 1. The van der Waals surface area contributed by atoms with Gasteiger partial charge in [-0.15, -0.1) is 11.8 Å². The Kier molecular flexibility index (Phi) is 7.32. The molecule has 0 saturated carbocycles. The maximum atomic E-state index is 12.8. The van der Waals surface area contributed by atoms with Gasteiger partial charge in [0.2, 0.25) is 5.91 Å². The topological polar surface area (TPSA) is 77.6 Å². The number of pyridine rings is 1. The van der Waals surface area contributed by atoms with Gasteiger partial charge in [-0.05, 0) is 43.9 Å². The minimum Gasteiger partial charge on any atom is -0.352 e. The lowest BCUT2D eigenvalue weighted by Gasteiger charge is -2.32. The molecule has 3 amide bonds. The van der Waals surface area contributed by atoms with Gasteiger partial charge in [0.25, 0.3) is 0 Å².